The summed E-state index contributed by atoms with van der Waals surface area (Å²) in [5, 5.41) is 41.2. The Labute approximate surface area is 162 Å². The number of hydrogen-bond acceptors (Lipinski definition) is 9. The molecule has 6 atom stereocenters. The molecule has 11 nitrogen and oxygen atoms in total. The van der Waals surface area contributed by atoms with Crippen LogP contribution in [0.5, 0.6) is 0 Å². The fraction of sp³-hybridized carbons (Fsp3) is 0.625. The van der Waals surface area contributed by atoms with Crippen LogP contribution in [0.15, 0.2) is 29.8 Å². The quantitative estimate of drug-likeness (QED) is 0.317. The van der Waals surface area contributed by atoms with Gasteiger partial charge in [0.05, 0.1) is 14.1 Å². The lowest BCUT2D eigenvalue weighted by atomic mass is 9.98. The molecule has 1 unspecified atom stereocenters. The number of hydrogen-bond donors (Lipinski definition) is 4. The van der Waals surface area contributed by atoms with Gasteiger partial charge in [0.1, 0.15) is 18.3 Å². The van der Waals surface area contributed by atoms with Gasteiger partial charge >= 0.3 is 5.97 Å². The summed E-state index contributed by atoms with van der Waals surface area (Å²) in [4.78, 5) is 26.1. The van der Waals surface area contributed by atoms with Crippen molar-refractivity contribution in [2.45, 2.75) is 49.7 Å². The monoisotopic (exact) mass is 390 g/mol. The highest BCUT2D eigenvalue weighted by Crippen LogP contribution is 2.30. The van der Waals surface area contributed by atoms with Crippen molar-refractivity contribution in [3.05, 3.63) is 35.0 Å². The Morgan fingerprint density at radius 1 is 1.48 bits per heavy atom. The van der Waals surface area contributed by atoms with Crippen molar-refractivity contribution in [1.82, 2.24) is 9.99 Å². The summed E-state index contributed by atoms with van der Waals surface area (Å²) in [6.45, 7) is -5.87. The summed E-state index contributed by atoms with van der Waals surface area (Å²) >= 11 is 0. The molecule has 0 amide bonds. The molecule has 0 aliphatic carbocycles. The van der Waals surface area contributed by atoms with Gasteiger partial charge in [-0.2, -0.15) is 0 Å². The van der Waals surface area contributed by atoms with Crippen molar-refractivity contribution in [2.75, 3.05) is 13.5 Å². The van der Waals surface area contributed by atoms with Crippen LogP contribution < -0.4 is 0 Å². The Bertz CT molecular complexity index is 787. The van der Waals surface area contributed by atoms with E-state index in [1.54, 1.807) is 0 Å². The predicted molar refractivity (Wildman–Crippen MR) is 90.0 cm³/mol. The summed E-state index contributed by atoms with van der Waals surface area (Å²) in [7, 11) is 0. The first kappa shape index (κ1) is 14.8. The van der Waals surface area contributed by atoms with Gasteiger partial charge < -0.3 is 29.9 Å². The number of carboxylic acids is 1. The average molecular weight is 390 g/mol. The molecule has 0 saturated carbocycles. The van der Waals surface area contributed by atoms with Crippen LogP contribution in [-0.2, 0) is 14.3 Å². The third-order valence-corrected chi connectivity index (χ3v) is 3.92. The number of nitrogens with zero attached hydrogens (tertiary/aromatic N) is 3. The van der Waals surface area contributed by atoms with E-state index in [2.05, 4.69) is 10.3 Å². The minimum Gasteiger partial charge on any atom is -0.479 e. The lowest BCUT2D eigenvalue weighted by Crippen LogP contribution is -2.60. The van der Waals surface area contributed by atoms with E-state index in [-0.39, 0.29) is 11.4 Å². The van der Waals surface area contributed by atoms with Gasteiger partial charge in [0.15, 0.2) is 12.4 Å². The Kier molecular flexibility index (Phi) is 5.31. The highest BCUT2D eigenvalue weighted by Gasteiger charge is 2.48. The molecule has 0 aromatic carbocycles. The van der Waals surface area contributed by atoms with Crippen LogP contribution in [0, 0.1) is 4.91 Å². The molecular weight excluding hydrogens is 362 g/mol. The van der Waals surface area contributed by atoms with Crippen molar-refractivity contribution < 1.29 is 41.5 Å². The lowest BCUT2D eigenvalue weighted by Gasteiger charge is -2.39. The topological polar surface area (TPSA) is 162 Å². The number of carbonyl (C=O) groups is 1. The van der Waals surface area contributed by atoms with Crippen molar-refractivity contribution in [3.8, 4) is 0 Å². The van der Waals surface area contributed by atoms with Gasteiger partial charge in [0.25, 0.3) is 0 Å². The average Bonchev–Trinajstić information content (AvgIpc) is 2.70. The Morgan fingerprint density at radius 3 is 2.85 bits per heavy atom. The summed E-state index contributed by atoms with van der Waals surface area (Å²) in [6.07, 6.45) is -8.61. The third kappa shape index (κ3) is 5.40. The summed E-state index contributed by atoms with van der Waals surface area (Å²) in [5.74, 6) is -1.61. The molecule has 1 aliphatic rings. The summed E-state index contributed by atoms with van der Waals surface area (Å²) in [5.41, 5.74) is 0.325. The van der Waals surface area contributed by atoms with E-state index in [0.717, 1.165) is 0 Å². The number of carboxylic acid groups (broad SMARTS) is 1. The first-order valence-corrected chi connectivity index (χ1v) is 7.91. The third-order valence-electron chi connectivity index (χ3n) is 3.92. The SMILES string of the molecule is [2H]C([2H])([2H])N(N=O)C([2H])([2H])CCC(O[C@@H]1O[C@H](C(=O)O)[C@@H](O)[C@H](O)[C@H]1O)c1cccnc1. The van der Waals surface area contributed by atoms with E-state index in [9.17, 15) is 25.0 Å². The highest BCUT2D eigenvalue weighted by atomic mass is 16.7. The number of aliphatic carboxylic acids is 1. The van der Waals surface area contributed by atoms with Gasteiger partial charge in [0, 0.05) is 30.0 Å². The van der Waals surface area contributed by atoms with E-state index in [1.165, 1.54) is 24.5 Å². The first-order valence-electron chi connectivity index (χ1n) is 10.4. The van der Waals surface area contributed by atoms with Gasteiger partial charge in [-0.1, -0.05) is 6.07 Å². The molecule has 1 saturated heterocycles. The molecule has 1 aromatic rings. The number of aliphatic hydroxyl groups excluding tert-OH is 3. The second kappa shape index (κ2) is 9.67. The van der Waals surface area contributed by atoms with E-state index in [1.807, 2.05) is 0 Å². The predicted octanol–water partition coefficient (Wildman–Crippen LogP) is -0.575. The van der Waals surface area contributed by atoms with Gasteiger partial charge in [-0.15, -0.1) is 4.91 Å². The van der Waals surface area contributed by atoms with E-state index in [0.29, 0.717) is 5.56 Å². The van der Waals surface area contributed by atoms with E-state index in [4.69, 9.17) is 21.4 Å². The molecule has 27 heavy (non-hydrogen) atoms. The molecule has 4 N–H and O–H groups in total. The molecule has 0 radical (unpaired) electrons. The molecule has 150 valence electrons. The zero-order valence-electron chi connectivity index (χ0n) is 19.0. The number of pyridine rings is 1. The Hall–Kier alpha value is -2.18. The normalized spacial score (nSPS) is 32.9. The van der Waals surface area contributed by atoms with Crippen molar-refractivity contribution in [1.29, 1.82) is 0 Å². The zero-order valence-corrected chi connectivity index (χ0v) is 14.0. The fourth-order valence-electron chi connectivity index (χ4n) is 2.54. The summed E-state index contributed by atoms with van der Waals surface area (Å²) in [6, 6.07) is 3.03. The van der Waals surface area contributed by atoms with Crippen LogP contribution in [0.4, 0.5) is 0 Å². The number of rotatable bonds is 9. The molecule has 0 bridgehead atoms. The van der Waals surface area contributed by atoms with E-state index >= 15 is 0 Å². The largest absolute Gasteiger partial charge is 0.479 e. The van der Waals surface area contributed by atoms with Gasteiger partial charge in [0.2, 0.25) is 0 Å². The van der Waals surface area contributed by atoms with E-state index < -0.39 is 62.7 Å². The maximum Gasteiger partial charge on any atom is 0.335 e. The number of nitroso groups, excluding NO2 is 1. The minimum absolute atomic E-state index is 0.202. The van der Waals surface area contributed by atoms with Crippen LogP contribution in [0.2, 0.25) is 0 Å². The van der Waals surface area contributed by atoms with Gasteiger partial charge in [-0.25, -0.2) is 4.79 Å². The second-order valence-electron chi connectivity index (χ2n) is 5.74. The smallest absolute Gasteiger partial charge is 0.335 e. The van der Waals surface area contributed by atoms with Crippen LogP contribution in [0.25, 0.3) is 0 Å². The van der Waals surface area contributed by atoms with Crippen molar-refractivity contribution >= 4 is 5.97 Å². The lowest BCUT2D eigenvalue weighted by molar-refractivity contribution is -0.306. The van der Waals surface area contributed by atoms with Crippen LogP contribution in [0.1, 0.15) is 31.4 Å². The van der Waals surface area contributed by atoms with Crippen molar-refractivity contribution in [3.63, 3.8) is 0 Å². The Morgan fingerprint density at radius 2 is 2.26 bits per heavy atom. The maximum atomic E-state index is 11.3. The molecule has 11 heteroatoms. The zero-order chi connectivity index (χ0) is 24.3. The number of aromatic nitrogens is 1. The molecule has 1 fully saturated rings. The summed E-state index contributed by atoms with van der Waals surface area (Å²) < 4.78 is 48.3. The van der Waals surface area contributed by atoms with Crippen molar-refractivity contribution in [2.24, 2.45) is 5.29 Å². The van der Waals surface area contributed by atoms with Crippen LogP contribution >= 0.6 is 0 Å². The van der Waals surface area contributed by atoms with Crippen LogP contribution in [-0.4, -0.2) is 80.6 Å². The molecular formula is C16H23N3O8. The standard InChI is InChI=1S/C16H23N3O8/c1-19(18-25)7-3-5-10(9-4-2-6-17-8-9)26-16-13(22)11(20)12(21)14(27-16)15(23)24/h2,4,6,8,10-14,16,20-22H,3,5,7H2,1H3,(H,23,24)/t10?,11-,12-,13+,14-,16+/m0/s1/i1D3,7D2. The maximum absolute atomic E-state index is 11.3. The minimum atomic E-state index is -3.15. The molecule has 2 rings (SSSR count). The first-order chi connectivity index (χ1) is 14.8. The molecule has 2 heterocycles. The molecule has 0 spiro atoms. The molecule has 1 aromatic heterocycles. The van der Waals surface area contributed by atoms with Gasteiger partial charge in [-0.3, -0.25) is 9.99 Å². The van der Waals surface area contributed by atoms with Gasteiger partial charge in [-0.05, 0) is 24.5 Å². The fourth-order valence-corrected chi connectivity index (χ4v) is 2.54. The number of ether oxygens (including phenoxy) is 2. The second-order valence-corrected chi connectivity index (χ2v) is 5.74. The number of aliphatic hydroxyl groups is 3. The Balaban J connectivity index is 2.25. The molecule has 1 aliphatic heterocycles. The van der Waals surface area contributed by atoms with Crippen LogP contribution in [0.3, 0.4) is 0 Å². The highest BCUT2D eigenvalue weighted by molar-refractivity contribution is 5.73.